The van der Waals surface area contributed by atoms with Gasteiger partial charge in [0.2, 0.25) is 0 Å². The molecule has 13 aromatic rings. The molecule has 0 saturated heterocycles. The summed E-state index contributed by atoms with van der Waals surface area (Å²) in [6.45, 7) is 0. The van der Waals surface area contributed by atoms with Gasteiger partial charge in [-0.05, 0) is 107 Å². The van der Waals surface area contributed by atoms with E-state index in [-0.39, 0.29) is 0 Å². The summed E-state index contributed by atoms with van der Waals surface area (Å²) in [5.41, 5.74) is 14.8. The number of aromatic nitrogens is 5. The first kappa shape index (κ1) is 43.3. The summed E-state index contributed by atoms with van der Waals surface area (Å²) in [7, 11) is 0. The van der Waals surface area contributed by atoms with Gasteiger partial charge in [-0.25, -0.2) is 15.0 Å². The lowest BCUT2D eigenvalue weighted by Crippen LogP contribution is -2.06. The Hall–Kier alpha value is -10.7. The molecule has 3 aromatic heterocycles. The van der Waals surface area contributed by atoms with Gasteiger partial charge in [0.1, 0.15) is 0 Å². The van der Waals surface area contributed by atoms with E-state index in [0.717, 1.165) is 105 Å². The first-order valence-corrected chi connectivity index (χ1v) is 24.2. The number of fused-ring (bicyclic) bond motifs is 6. The topological polar surface area (TPSA) is 120 Å². The SMILES string of the molecule is N#Cc1cccc(-c2ccc(-c3nc(-c4ccccc4-c4ccccc4C#N)nc(-c4ccc(-c5cccc(C#N)c5)cc4-n4c5ccccc5c5ccccc54)n3)c(-n3c4ccccc4c4ccccc43)c2)c1. The molecule has 0 unspecified atom stereocenters. The molecule has 0 radical (unpaired) electrons. The van der Waals surface area contributed by atoms with Gasteiger partial charge >= 0.3 is 0 Å². The smallest absolute Gasteiger partial charge is 0.166 e. The maximum Gasteiger partial charge on any atom is 0.166 e. The van der Waals surface area contributed by atoms with E-state index < -0.39 is 0 Å². The summed E-state index contributed by atoms with van der Waals surface area (Å²) in [4.78, 5) is 16.5. The molecule has 0 fully saturated rings. The zero-order chi connectivity index (χ0) is 49.7. The van der Waals surface area contributed by atoms with Crippen molar-refractivity contribution in [1.29, 1.82) is 15.8 Å². The van der Waals surface area contributed by atoms with Gasteiger partial charge in [-0.15, -0.1) is 0 Å². The van der Waals surface area contributed by atoms with E-state index in [1.807, 2.05) is 97.1 Å². The fourth-order valence-corrected chi connectivity index (χ4v) is 10.5. The van der Waals surface area contributed by atoms with Crippen molar-refractivity contribution in [2.75, 3.05) is 0 Å². The third-order valence-electron chi connectivity index (χ3n) is 13.9. The van der Waals surface area contributed by atoms with Crippen LogP contribution >= 0.6 is 0 Å². The zero-order valence-corrected chi connectivity index (χ0v) is 39.5. The molecular weight excluding hydrogens is 905 g/mol. The Labute approximate surface area is 425 Å². The Morgan fingerprint density at radius 2 is 0.649 bits per heavy atom. The van der Waals surface area contributed by atoms with Crippen molar-refractivity contribution < 1.29 is 0 Å². The van der Waals surface area contributed by atoms with Crippen LogP contribution in [0.5, 0.6) is 0 Å². The van der Waals surface area contributed by atoms with E-state index in [4.69, 9.17) is 15.0 Å². The second-order valence-corrected chi connectivity index (χ2v) is 18.1. The van der Waals surface area contributed by atoms with Crippen LogP contribution in [0.15, 0.2) is 231 Å². The quantitative estimate of drug-likeness (QED) is 0.150. The molecule has 8 nitrogen and oxygen atoms in total. The van der Waals surface area contributed by atoms with E-state index in [0.29, 0.717) is 34.2 Å². The highest BCUT2D eigenvalue weighted by Crippen LogP contribution is 2.42. The molecule has 0 spiro atoms. The second kappa shape index (κ2) is 17.9. The van der Waals surface area contributed by atoms with Crippen molar-refractivity contribution in [3.05, 3.63) is 247 Å². The van der Waals surface area contributed by atoms with Crippen molar-refractivity contribution in [1.82, 2.24) is 24.1 Å². The molecule has 342 valence electrons. The largest absolute Gasteiger partial charge is 0.308 e. The van der Waals surface area contributed by atoms with Crippen LogP contribution in [-0.4, -0.2) is 24.1 Å². The van der Waals surface area contributed by atoms with Gasteiger partial charge in [0.05, 0.1) is 68.3 Å². The van der Waals surface area contributed by atoms with Gasteiger partial charge in [-0.3, -0.25) is 0 Å². The summed E-state index contributed by atoms with van der Waals surface area (Å²) < 4.78 is 4.57. The van der Waals surface area contributed by atoms with Crippen LogP contribution in [0.4, 0.5) is 0 Å². The minimum absolute atomic E-state index is 0.422. The Balaban J connectivity index is 1.14. The highest BCUT2D eigenvalue weighted by Gasteiger charge is 2.24. The van der Waals surface area contributed by atoms with E-state index in [1.165, 1.54) is 0 Å². The van der Waals surface area contributed by atoms with Gasteiger partial charge < -0.3 is 9.13 Å². The number of hydrogen-bond acceptors (Lipinski definition) is 6. The summed E-state index contributed by atoms with van der Waals surface area (Å²) in [6, 6.07) is 84.2. The fraction of sp³-hybridized carbons (Fsp3) is 0. The third-order valence-corrected chi connectivity index (χ3v) is 13.9. The van der Waals surface area contributed by atoms with E-state index in [9.17, 15) is 15.8 Å². The van der Waals surface area contributed by atoms with Crippen molar-refractivity contribution in [3.63, 3.8) is 0 Å². The number of benzene rings is 10. The molecule has 0 atom stereocenters. The average Bonchev–Trinajstić information content (AvgIpc) is 4.03. The van der Waals surface area contributed by atoms with Crippen LogP contribution in [0, 0.1) is 34.0 Å². The number of rotatable bonds is 8. The van der Waals surface area contributed by atoms with Crippen LogP contribution in [0.25, 0.3) is 123 Å². The Morgan fingerprint density at radius 3 is 1.08 bits per heavy atom. The predicted molar refractivity (Wildman–Crippen MR) is 295 cm³/mol. The molecule has 0 amide bonds. The number of para-hydroxylation sites is 4. The first-order chi connectivity index (χ1) is 36.6. The molecule has 74 heavy (non-hydrogen) atoms. The lowest BCUT2D eigenvalue weighted by molar-refractivity contribution is 1.06. The molecule has 0 bridgehead atoms. The molecule has 0 aliphatic carbocycles. The minimum atomic E-state index is 0.422. The summed E-state index contributed by atoms with van der Waals surface area (Å²) >= 11 is 0. The van der Waals surface area contributed by atoms with Crippen LogP contribution in [0.3, 0.4) is 0 Å². The molecule has 0 aliphatic rings. The van der Waals surface area contributed by atoms with Gasteiger partial charge in [-0.2, -0.15) is 15.8 Å². The molecular formula is C66H38N8. The van der Waals surface area contributed by atoms with Crippen LogP contribution in [0.1, 0.15) is 16.7 Å². The van der Waals surface area contributed by atoms with Crippen molar-refractivity contribution in [2.45, 2.75) is 0 Å². The summed E-state index contributed by atoms with van der Waals surface area (Å²) in [5.74, 6) is 1.29. The second-order valence-electron chi connectivity index (χ2n) is 18.1. The Morgan fingerprint density at radius 1 is 0.284 bits per heavy atom. The number of nitriles is 3. The predicted octanol–water partition coefficient (Wildman–Crippen LogP) is 15.7. The third kappa shape index (κ3) is 7.25. The standard InChI is InChI=1S/C66H38N8/c67-39-42-15-13-18-44(35-42)46-31-33-56(62(37-46)73-58-27-9-5-22-51(58)52-23-6-10-28-59(52)73)65-70-64(55-26-4-3-21-50(55)49-20-2-1-17-48(49)41-69)71-66(72-65)57-34-32-47(45-19-14-16-43(36-45)40-68)38-63(57)74-60-29-11-7-24-53(60)54-25-8-12-30-61(54)74/h1-38H. The van der Waals surface area contributed by atoms with Crippen molar-refractivity contribution in [2.24, 2.45) is 0 Å². The molecule has 0 aliphatic heterocycles. The monoisotopic (exact) mass is 942 g/mol. The van der Waals surface area contributed by atoms with Crippen LogP contribution in [-0.2, 0) is 0 Å². The van der Waals surface area contributed by atoms with E-state index in [2.05, 4.69) is 161 Å². The first-order valence-electron chi connectivity index (χ1n) is 24.2. The highest BCUT2D eigenvalue weighted by molar-refractivity contribution is 6.11. The van der Waals surface area contributed by atoms with Gasteiger partial charge in [-0.1, -0.05) is 152 Å². The number of hydrogen-bond donors (Lipinski definition) is 0. The maximum atomic E-state index is 10.4. The van der Waals surface area contributed by atoms with Crippen LogP contribution < -0.4 is 0 Å². The van der Waals surface area contributed by atoms with E-state index in [1.54, 1.807) is 0 Å². The normalized spacial score (nSPS) is 11.2. The van der Waals surface area contributed by atoms with Gasteiger partial charge in [0, 0.05) is 43.8 Å². The van der Waals surface area contributed by atoms with Crippen molar-refractivity contribution >= 4 is 43.6 Å². The number of nitrogens with zero attached hydrogens (tertiary/aromatic N) is 8. The van der Waals surface area contributed by atoms with Gasteiger partial charge in [0.15, 0.2) is 17.5 Å². The Kier molecular flexibility index (Phi) is 10.5. The molecule has 0 N–H and O–H groups in total. The fourth-order valence-electron chi connectivity index (χ4n) is 10.5. The van der Waals surface area contributed by atoms with Crippen LogP contribution in [0.2, 0.25) is 0 Å². The lowest BCUT2D eigenvalue weighted by atomic mass is 9.95. The minimum Gasteiger partial charge on any atom is -0.308 e. The average molecular weight is 943 g/mol. The summed E-state index contributed by atoms with van der Waals surface area (Å²) in [5, 5.41) is 34.8. The highest BCUT2D eigenvalue weighted by atomic mass is 15.1. The van der Waals surface area contributed by atoms with E-state index >= 15 is 0 Å². The lowest BCUT2D eigenvalue weighted by Gasteiger charge is -2.19. The van der Waals surface area contributed by atoms with Crippen molar-refractivity contribution in [3.8, 4) is 97.1 Å². The zero-order valence-electron chi connectivity index (χ0n) is 39.5. The summed E-state index contributed by atoms with van der Waals surface area (Å²) in [6.07, 6.45) is 0. The molecule has 10 aromatic carbocycles. The maximum absolute atomic E-state index is 10.4. The Bertz CT molecular complexity index is 4210. The molecule has 3 heterocycles. The molecule has 0 saturated carbocycles. The van der Waals surface area contributed by atoms with Gasteiger partial charge in [0.25, 0.3) is 0 Å². The molecule has 8 heteroatoms. The molecule has 13 rings (SSSR count).